The summed E-state index contributed by atoms with van der Waals surface area (Å²) in [5.41, 5.74) is 2.56. The monoisotopic (exact) mass is 449 g/mol. The molecular formula is C29H23NO4. The fraction of sp³-hybridized carbons (Fsp3) is 0.138. The molecule has 6 rings (SSSR count). The molecule has 1 N–H and O–H groups in total. The zero-order valence-corrected chi connectivity index (χ0v) is 18.6. The maximum Gasteiger partial charge on any atom is 0.269 e. The van der Waals surface area contributed by atoms with E-state index < -0.39 is 17.6 Å². The number of rotatable bonds is 4. The van der Waals surface area contributed by atoms with E-state index in [1.165, 1.54) is 0 Å². The van der Waals surface area contributed by atoms with Gasteiger partial charge >= 0.3 is 0 Å². The van der Waals surface area contributed by atoms with Crippen molar-refractivity contribution in [3.8, 4) is 11.5 Å². The quantitative estimate of drug-likeness (QED) is 0.471. The Kier molecular flexibility index (Phi) is 4.67. The summed E-state index contributed by atoms with van der Waals surface area (Å²) in [4.78, 5) is 16.1. The van der Waals surface area contributed by atoms with Crippen molar-refractivity contribution >= 4 is 11.6 Å². The number of aryl methyl sites for hydroxylation is 1. The Balaban J connectivity index is 1.58. The lowest BCUT2D eigenvalue weighted by Gasteiger charge is -2.31. The van der Waals surface area contributed by atoms with Crippen molar-refractivity contribution in [2.24, 2.45) is 0 Å². The Bertz CT molecular complexity index is 1350. The van der Waals surface area contributed by atoms with Gasteiger partial charge in [-0.15, -0.1) is 0 Å². The molecule has 0 aliphatic carbocycles. The first-order valence-corrected chi connectivity index (χ1v) is 11.2. The summed E-state index contributed by atoms with van der Waals surface area (Å²) in [6.45, 7) is 2.00. The Morgan fingerprint density at radius 3 is 2.00 bits per heavy atom. The second kappa shape index (κ2) is 7.75. The summed E-state index contributed by atoms with van der Waals surface area (Å²) in [6, 6.07) is 30.4. The fourth-order valence-corrected chi connectivity index (χ4v) is 5.10. The predicted octanol–water partition coefficient (Wildman–Crippen LogP) is 5.10. The van der Waals surface area contributed by atoms with Crippen LogP contribution < -0.4 is 14.4 Å². The van der Waals surface area contributed by atoms with Crippen LogP contribution in [0.2, 0.25) is 0 Å². The first-order valence-electron chi connectivity index (χ1n) is 11.2. The van der Waals surface area contributed by atoms with Gasteiger partial charge < -0.3 is 14.6 Å². The second-order valence-corrected chi connectivity index (χ2v) is 8.65. The van der Waals surface area contributed by atoms with E-state index in [2.05, 4.69) is 0 Å². The van der Waals surface area contributed by atoms with Crippen LogP contribution in [0.25, 0.3) is 0 Å². The van der Waals surface area contributed by atoms with Crippen LogP contribution in [-0.4, -0.2) is 17.8 Å². The Morgan fingerprint density at radius 2 is 1.35 bits per heavy atom. The summed E-state index contributed by atoms with van der Waals surface area (Å²) in [6.07, 6.45) is 0. The van der Waals surface area contributed by atoms with Gasteiger partial charge in [-0.25, -0.2) is 0 Å². The number of benzene rings is 4. The normalized spacial score (nSPS) is 18.4. The van der Waals surface area contributed by atoms with Gasteiger partial charge in [-0.2, -0.15) is 0 Å². The maximum atomic E-state index is 14.3. The Morgan fingerprint density at radius 1 is 0.794 bits per heavy atom. The van der Waals surface area contributed by atoms with E-state index in [1.54, 1.807) is 11.0 Å². The number of fused-ring (bicyclic) bond motifs is 2. The highest BCUT2D eigenvalue weighted by Crippen LogP contribution is 2.51. The molecular weight excluding hydrogens is 426 g/mol. The van der Waals surface area contributed by atoms with Crippen LogP contribution in [0, 0.1) is 6.92 Å². The molecule has 1 atom stereocenters. The molecule has 34 heavy (non-hydrogen) atoms. The average molecular weight is 450 g/mol. The van der Waals surface area contributed by atoms with E-state index in [0.717, 1.165) is 16.7 Å². The zero-order valence-electron chi connectivity index (χ0n) is 18.6. The minimum absolute atomic E-state index is 0.122. The van der Waals surface area contributed by atoms with E-state index >= 15 is 0 Å². The van der Waals surface area contributed by atoms with E-state index in [1.807, 2.05) is 97.9 Å². The molecule has 1 unspecified atom stereocenters. The molecule has 4 aromatic carbocycles. The van der Waals surface area contributed by atoms with Gasteiger partial charge in [0.1, 0.15) is 0 Å². The number of hydrogen-bond donors (Lipinski definition) is 1. The summed E-state index contributed by atoms with van der Waals surface area (Å²) >= 11 is 0. The Labute approximate surface area is 197 Å². The third-order valence-corrected chi connectivity index (χ3v) is 6.68. The van der Waals surface area contributed by atoms with Crippen LogP contribution in [0.15, 0.2) is 97.1 Å². The molecule has 0 fully saturated rings. The fourth-order valence-electron chi connectivity index (χ4n) is 5.10. The molecule has 2 aliphatic heterocycles. The molecule has 0 aromatic heterocycles. The van der Waals surface area contributed by atoms with Gasteiger partial charge in [0.25, 0.3) is 5.91 Å². The number of carbonyl (C=O) groups is 1. The lowest BCUT2D eigenvalue weighted by molar-refractivity contribution is -0.132. The van der Waals surface area contributed by atoms with Crippen LogP contribution in [0.3, 0.4) is 0 Å². The summed E-state index contributed by atoms with van der Waals surface area (Å²) in [7, 11) is 0. The van der Waals surface area contributed by atoms with Gasteiger partial charge in [-0.05, 0) is 41.8 Å². The predicted molar refractivity (Wildman–Crippen MR) is 129 cm³/mol. The van der Waals surface area contributed by atoms with E-state index in [4.69, 9.17) is 9.47 Å². The van der Waals surface area contributed by atoms with Crippen molar-refractivity contribution in [1.82, 2.24) is 0 Å². The number of para-hydroxylation sites is 1. The molecule has 0 bridgehead atoms. The lowest BCUT2D eigenvalue weighted by atomic mass is 9.84. The SMILES string of the molecule is Cc1cc2c(cc1C1(O)C(=O)N(C(c3ccccc3)c3ccccc3)c3ccccc31)OCO2. The van der Waals surface area contributed by atoms with Crippen molar-refractivity contribution in [2.75, 3.05) is 11.7 Å². The number of nitrogens with zero attached hydrogens (tertiary/aromatic N) is 1. The standard InChI is InChI=1S/C29H23NO4/c1-19-16-25-26(34-18-33-25)17-23(19)29(32)22-14-8-9-15-24(22)30(28(29)31)27(20-10-4-2-5-11-20)21-12-6-3-7-13-21/h2-17,27,32H,18H2,1H3. The number of ether oxygens (including phenoxy) is 2. The smallest absolute Gasteiger partial charge is 0.269 e. The Hall–Kier alpha value is -4.09. The number of anilines is 1. The van der Waals surface area contributed by atoms with Crippen LogP contribution in [-0.2, 0) is 10.4 Å². The first-order chi connectivity index (χ1) is 16.6. The third kappa shape index (κ3) is 2.94. The molecule has 2 aliphatic rings. The highest BCUT2D eigenvalue weighted by Gasteiger charge is 2.54. The van der Waals surface area contributed by atoms with Crippen LogP contribution in [0.4, 0.5) is 5.69 Å². The van der Waals surface area contributed by atoms with Gasteiger partial charge in [0, 0.05) is 11.1 Å². The largest absolute Gasteiger partial charge is 0.454 e. The van der Waals surface area contributed by atoms with Crippen molar-refractivity contribution < 1.29 is 19.4 Å². The first kappa shape index (κ1) is 20.5. The van der Waals surface area contributed by atoms with Crippen molar-refractivity contribution in [3.63, 3.8) is 0 Å². The molecule has 0 saturated heterocycles. The number of carbonyl (C=O) groups excluding carboxylic acids is 1. The molecule has 0 radical (unpaired) electrons. The van der Waals surface area contributed by atoms with Gasteiger partial charge in [-0.1, -0.05) is 78.9 Å². The average Bonchev–Trinajstić information content (AvgIpc) is 3.42. The van der Waals surface area contributed by atoms with Crippen molar-refractivity contribution in [2.45, 2.75) is 18.6 Å². The van der Waals surface area contributed by atoms with Gasteiger partial charge in [0.2, 0.25) is 6.79 Å². The molecule has 1 amide bonds. The number of amides is 1. The lowest BCUT2D eigenvalue weighted by Crippen LogP contribution is -2.43. The molecule has 0 spiro atoms. The van der Waals surface area contributed by atoms with Gasteiger partial charge in [0.15, 0.2) is 17.1 Å². The molecule has 5 heteroatoms. The van der Waals surface area contributed by atoms with Crippen LogP contribution in [0.1, 0.15) is 33.9 Å². The second-order valence-electron chi connectivity index (χ2n) is 8.65. The zero-order chi connectivity index (χ0) is 23.3. The highest BCUT2D eigenvalue weighted by molar-refractivity contribution is 6.10. The molecule has 2 heterocycles. The van der Waals surface area contributed by atoms with Crippen LogP contribution in [0.5, 0.6) is 11.5 Å². The topological polar surface area (TPSA) is 59.0 Å². The van der Waals surface area contributed by atoms with Gasteiger partial charge in [-0.3, -0.25) is 9.69 Å². The van der Waals surface area contributed by atoms with E-state index in [0.29, 0.717) is 28.3 Å². The molecule has 4 aromatic rings. The van der Waals surface area contributed by atoms with Crippen molar-refractivity contribution in [1.29, 1.82) is 0 Å². The van der Waals surface area contributed by atoms with Crippen LogP contribution >= 0.6 is 0 Å². The summed E-state index contributed by atoms with van der Waals surface area (Å²) in [5.74, 6) is 0.751. The van der Waals surface area contributed by atoms with Gasteiger partial charge in [0.05, 0.1) is 11.7 Å². The summed E-state index contributed by atoms with van der Waals surface area (Å²) < 4.78 is 11.1. The van der Waals surface area contributed by atoms with E-state index in [9.17, 15) is 9.90 Å². The molecule has 168 valence electrons. The maximum absolute atomic E-state index is 14.3. The third-order valence-electron chi connectivity index (χ3n) is 6.68. The van der Waals surface area contributed by atoms with Crippen molar-refractivity contribution in [3.05, 3.63) is 125 Å². The number of aliphatic hydroxyl groups is 1. The molecule has 0 saturated carbocycles. The molecule has 5 nitrogen and oxygen atoms in total. The van der Waals surface area contributed by atoms with E-state index in [-0.39, 0.29) is 6.79 Å². The summed E-state index contributed by atoms with van der Waals surface area (Å²) in [5, 5.41) is 12.2. The minimum Gasteiger partial charge on any atom is -0.454 e. The minimum atomic E-state index is -1.86. The number of hydrogen-bond acceptors (Lipinski definition) is 4. The highest BCUT2D eigenvalue weighted by atomic mass is 16.7.